The molecule has 25 heavy (non-hydrogen) atoms. The van der Waals surface area contributed by atoms with Crippen molar-refractivity contribution in [2.24, 2.45) is 0 Å². The minimum atomic E-state index is -0.232. The third-order valence-electron chi connectivity index (χ3n) is 3.69. The van der Waals surface area contributed by atoms with E-state index in [0.717, 1.165) is 0 Å². The quantitative estimate of drug-likeness (QED) is 0.311. The second kappa shape index (κ2) is 12.2. The number of carbonyl (C=O) groups is 4. The Bertz CT molecular complexity index is 435. The van der Waals surface area contributed by atoms with Gasteiger partial charge in [-0.05, 0) is 6.92 Å². The van der Waals surface area contributed by atoms with Crippen molar-refractivity contribution in [1.29, 1.82) is 0 Å². The van der Waals surface area contributed by atoms with Gasteiger partial charge in [-0.1, -0.05) is 0 Å². The Morgan fingerprint density at radius 3 is 1.32 bits per heavy atom. The van der Waals surface area contributed by atoms with Crippen LogP contribution in [0.2, 0.25) is 0 Å². The van der Waals surface area contributed by atoms with Crippen LogP contribution in [0.25, 0.3) is 0 Å². The van der Waals surface area contributed by atoms with Crippen molar-refractivity contribution in [3.8, 4) is 0 Å². The molecule has 0 aromatic carbocycles. The van der Waals surface area contributed by atoms with Crippen LogP contribution in [0.1, 0.15) is 6.92 Å². The fraction of sp³-hybridized carbons (Fsp3) is 0.733. The predicted octanol–water partition coefficient (Wildman–Crippen LogP) is -3.04. The van der Waals surface area contributed by atoms with E-state index >= 15 is 0 Å². The second-order valence-corrected chi connectivity index (χ2v) is 5.62. The van der Waals surface area contributed by atoms with Crippen LogP contribution in [-0.4, -0.2) is 100 Å². The summed E-state index contributed by atoms with van der Waals surface area (Å²) in [4.78, 5) is 50.1. The summed E-state index contributed by atoms with van der Waals surface area (Å²) in [6.45, 7) is 2.35. The number of nitrogens with one attached hydrogen (secondary N) is 4. The molecule has 4 amide bonds. The van der Waals surface area contributed by atoms with Crippen LogP contribution in [0.4, 0.5) is 0 Å². The van der Waals surface area contributed by atoms with E-state index in [1.165, 1.54) is 28.2 Å². The van der Waals surface area contributed by atoms with Gasteiger partial charge in [0.1, 0.15) is 0 Å². The summed E-state index contributed by atoms with van der Waals surface area (Å²) < 4.78 is 0. The molecule has 0 heterocycles. The maximum Gasteiger partial charge on any atom is 0.233 e. The van der Waals surface area contributed by atoms with E-state index in [4.69, 9.17) is 0 Å². The highest BCUT2D eigenvalue weighted by Gasteiger charge is 2.23. The smallest absolute Gasteiger partial charge is 0.233 e. The summed E-state index contributed by atoms with van der Waals surface area (Å²) in [5, 5.41) is 10.1. The van der Waals surface area contributed by atoms with Gasteiger partial charge in [0.05, 0.1) is 26.2 Å². The molecule has 0 saturated heterocycles. The molecule has 0 bridgehead atoms. The average Bonchev–Trinajstić information content (AvgIpc) is 2.59. The van der Waals surface area contributed by atoms with Crippen molar-refractivity contribution in [2.75, 3.05) is 60.9 Å². The van der Waals surface area contributed by atoms with Crippen LogP contribution in [0.15, 0.2) is 0 Å². The molecule has 0 rings (SSSR count). The zero-order valence-corrected chi connectivity index (χ0v) is 15.6. The first-order chi connectivity index (χ1) is 11.8. The summed E-state index contributed by atoms with van der Waals surface area (Å²) >= 11 is 0. The van der Waals surface area contributed by atoms with Gasteiger partial charge in [-0.25, -0.2) is 0 Å². The lowest BCUT2D eigenvalue weighted by Crippen LogP contribution is -2.52. The van der Waals surface area contributed by atoms with E-state index in [9.17, 15) is 19.2 Å². The van der Waals surface area contributed by atoms with Gasteiger partial charge in [-0.3, -0.25) is 29.0 Å². The van der Waals surface area contributed by atoms with Gasteiger partial charge in [-0.15, -0.1) is 0 Å². The minimum Gasteiger partial charge on any atom is -0.358 e. The van der Waals surface area contributed by atoms with E-state index in [0.29, 0.717) is 6.54 Å². The van der Waals surface area contributed by atoms with Crippen LogP contribution in [0, 0.1) is 0 Å². The predicted molar refractivity (Wildman–Crippen MR) is 93.7 cm³/mol. The first kappa shape index (κ1) is 22.8. The third-order valence-corrected chi connectivity index (χ3v) is 3.69. The van der Waals surface area contributed by atoms with Crippen LogP contribution in [0.3, 0.4) is 0 Å². The molecule has 144 valence electrons. The van der Waals surface area contributed by atoms with Gasteiger partial charge >= 0.3 is 0 Å². The van der Waals surface area contributed by atoms with E-state index in [1.807, 2.05) is 6.92 Å². The zero-order chi connectivity index (χ0) is 19.4. The standard InChI is InChI=1S/C15H30N6O4/c1-11(21(9-14(24)18-4)10-15(25)19-5)6-20(7-12(22)16-2)8-13(23)17-3/h11H,6-10H2,1-5H3,(H,16,22)(H,17,23)(H,18,24)(H,19,25). The molecule has 0 aromatic heterocycles. The molecule has 0 spiro atoms. The molecule has 0 aliphatic rings. The molecule has 10 nitrogen and oxygen atoms in total. The number of hydrogen-bond acceptors (Lipinski definition) is 6. The topological polar surface area (TPSA) is 123 Å². The first-order valence-corrected chi connectivity index (χ1v) is 8.06. The highest BCUT2D eigenvalue weighted by Crippen LogP contribution is 2.03. The maximum absolute atomic E-state index is 11.7. The molecule has 4 N–H and O–H groups in total. The van der Waals surface area contributed by atoms with Gasteiger partial charge in [-0.2, -0.15) is 0 Å². The highest BCUT2D eigenvalue weighted by molar-refractivity contribution is 5.81. The second-order valence-electron chi connectivity index (χ2n) is 5.62. The number of hydrogen-bond donors (Lipinski definition) is 4. The SMILES string of the molecule is CNC(=O)CN(CC(=O)NC)CC(C)N(CC(=O)NC)CC(=O)NC. The minimum absolute atomic E-state index is 0.0406. The van der Waals surface area contributed by atoms with E-state index < -0.39 is 0 Å². The molecule has 0 saturated carbocycles. The Kier molecular flexibility index (Phi) is 11.1. The number of nitrogens with zero attached hydrogens (tertiary/aromatic N) is 2. The third kappa shape index (κ3) is 9.62. The highest BCUT2D eigenvalue weighted by atomic mass is 16.2. The van der Waals surface area contributed by atoms with E-state index in [2.05, 4.69) is 21.3 Å². The fourth-order valence-electron chi connectivity index (χ4n) is 2.13. The Hall–Kier alpha value is -2.20. The van der Waals surface area contributed by atoms with Crippen molar-refractivity contribution in [1.82, 2.24) is 31.1 Å². The molecular weight excluding hydrogens is 328 g/mol. The first-order valence-electron chi connectivity index (χ1n) is 8.06. The van der Waals surface area contributed by atoms with Crippen molar-refractivity contribution < 1.29 is 19.2 Å². The number of amides is 4. The van der Waals surface area contributed by atoms with Crippen molar-refractivity contribution in [3.63, 3.8) is 0 Å². The lowest BCUT2D eigenvalue weighted by molar-refractivity contribution is -0.128. The monoisotopic (exact) mass is 358 g/mol. The Morgan fingerprint density at radius 1 is 0.680 bits per heavy atom. The van der Waals surface area contributed by atoms with Crippen LogP contribution >= 0.6 is 0 Å². The Balaban J connectivity index is 5.07. The van der Waals surface area contributed by atoms with Gasteiger partial charge in [0, 0.05) is 40.8 Å². The van der Waals surface area contributed by atoms with E-state index in [1.54, 1.807) is 9.80 Å². The summed E-state index contributed by atoms with van der Waals surface area (Å²) in [6.07, 6.45) is 0. The van der Waals surface area contributed by atoms with Crippen molar-refractivity contribution in [2.45, 2.75) is 13.0 Å². The number of rotatable bonds is 11. The van der Waals surface area contributed by atoms with E-state index in [-0.39, 0.29) is 55.8 Å². The normalized spacial score (nSPS) is 11.8. The average molecular weight is 358 g/mol. The lowest BCUT2D eigenvalue weighted by Gasteiger charge is -2.32. The molecular formula is C15H30N6O4. The Labute approximate surface area is 148 Å². The fourth-order valence-corrected chi connectivity index (χ4v) is 2.13. The Morgan fingerprint density at radius 2 is 1.00 bits per heavy atom. The van der Waals surface area contributed by atoms with Gasteiger partial charge in [0.2, 0.25) is 23.6 Å². The zero-order valence-electron chi connectivity index (χ0n) is 15.6. The summed E-state index contributed by atoms with van der Waals surface area (Å²) in [5.41, 5.74) is 0. The van der Waals surface area contributed by atoms with Gasteiger partial charge in [0.25, 0.3) is 0 Å². The lowest BCUT2D eigenvalue weighted by atomic mass is 10.2. The molecule has 10 heteroatoms. The van der Waals surface area contributed by atoms with Crippen molar-refractivity contribution in [3.05, 3.63) is 0 Å². The van der Waals surface area contributed by atoms with Gasteiger partial charge < -0.3 is 21.3 Å². The van der Waals surface area contributed by atoms with Gasteiger partial charge in [0.15, 0.2) is 0 Å². The summed E-state index contributed by atoms with van der Waals surface area (Å²) in [5.74, 6) is -0.889. The number of carbonyl (C=O) groups excluding carboxylic acids is 4. The van der Waals surface area contributed by atoms with Crippen LogP contribution in [0.5, 0.6) is 0 Å². The molecule has 0 aliphatic carbocycles. The maximum atomic E-state index is 11.7. The molecule has 0 aliphatic heterocycles. The van der Waals surface area contributed by atoms with Crippen molar-refractivity contribution >= 4 is 23.6 Å². The number of likely N-dealkylation sites (N-methyl/N-ethyl adjacent to an activating group) is 4. The molecule has 0 aromatic rings. The molecule has 0 radical (unpaired) electrons. The largest absolute Gasteiger partial charge is 0.358 e. The molecule has 1 unspecified atom stereocenters. The van der Waals surface area contributed by atoms with Crippen LogP contribution in [-0.2, 0) is 19.2 Å². The molecule has 0 fully saturated rings. The summed E-state index contributed by atoms with van der Waals surface area (Å²) in [7, 11) is 6.09. The molecule has 1 atom stereocenters. The summed E-state index contributed by atoms with van der Waals surface area (Å²) in [6, 6.07) is -0.232. The van der Waals surface area contributed by atoms with Crippen LogP contribution < -0.4 is 21.3 Å².